The smallest absolute Gasteiger partial charge is 0.0386 e. The van der Waals surface area contributed by atoms with E-state index in [1.807, 2.05) is 0 Å². The highest BCUT2D eigenvalue weighted by Gasteiger charge is 2.07. The third kappa shape index (κ3) is 4.62. The molecule has 1 heterocycles. The second-order valence-corrected chi connectivity index (χ2v) is 6.81. The first-order valence-corrected chi connectivity index (χ1v) is 8.57. The van der Waals surface area contributed by atoms with Crippen molar-refractivity contribution >= 4 is 33.0 Å². The van der Waals surface area contributed by atoms with E-state index in [0.29, 0.717) is 6.04 Å². The molecule has 0 amide bonds. The van der Waals surface area contributed by atoms with E-state index in [9.17, 15) is 0 Å². The number of benzene rings is 1. The molecule has 0 aliphatic heterocycles. The Morgan fingerprint density at radius 1 is 1.30 bits per heavy atom. The van der Waals surface area contributed by atoms with Crippen molar-refractivity contribution in [2.45, 2.75) is 19.4 Å². The van der Waals surface area contributed by atoms with Crippen LogP contribution >= 0.6 is 27.3 Å². The molecule has 20 heavy (non-hydrogen) atoms. The molecule has 2 aromatic rings. The Morgan fingerprint density at radius 2 is 2.05 bits per heavy atom. The lowest BCUT2D eigenvalue weighted by atomic mass is 10.2. The van der Waals surface area contributed by atoms with Gasteiger partial charge in [-0.2, -0.15) is 0 Å². The van der Waals surface area contributed by atoms with E-state index in [0.717, 1.165) is 19.5 Å². The van der Waals surface area contributed by atoms with Crippen LogP contribution in [0.15, 0.2) is 46.3 Å². The van der Waals surface area contributed by atoms with Gasteiger partial charge in [0.05, 0.1) is 0 Å². The Kier molecular flexibility index (Phi) is 6.07. The van der Waals surface area contributed by atoms with Gasteiger partial charge in [0.1, 0.15) is 0 Å². The third-order valence-corrected chi connectivity index (χ3v) is 5.21. The molecule has 1 unspecified atom stereocenters. The predicted molar refractivity (Wildman–Crippen MR) is 92.8 cm³/mol. The van der Waals surface area contributed by atoms with Crippen molar-refractivity contribution in [2.75, 3.05) is 25.0 Å². The Morgan fingerprint density at radius 3 is 2.70 bits per heavy atom. The van der Waals surface area contributed by atoms with Crippen LogP contribution in [-0.4, -0.2) is 20.1 Å². The second kappa shape index (κ2) is 7.81. The molecule has 0 spiro atoms. The number of rotatable bonds is 7. The first-order valence-electron chi connectivity index (χ1n) is 6.90. The van der Waals surface area contributed by atoms with Crippen LogP contribution in [0.3, 0.4) is 0 Å². The number of anilines is 1. The summed E-state index contributed by atoms with van der Waals surface area (Å²) >= 11 is 5.30. The lowest BCUT2D eigenvalue weighted by molar-refractivity contribution is 0.565. The van der Waals surface area contributed by atoms with Gasteiger partial charge < -0.3 is 10.2 Å². The van der Waals surface area contributed by atoms with Gasteiger partial charge in [-0.1, -0.05) is 18.2 Å². The zero-order valence-electron chi connectivity index (χ0n) is 12.0. The summed E-state index contributed by atoms with van der Waals surface area (Å²) in [6.45, 7) is 4.32. The third-order valence-electron chi connectivity index (χ3n) is 3.33. The quantitative estimate of drug-likeness (QED) is 0.727. The summed E-state index contributed by atoms with van der Waals surface area (Å²) in [7, 11) is 2.15. The highest BCUT2D eigenvalue weighted by atomic mass is 79.9. The molecule has 2 nitrogen and oxygen atoms in total. The van der Waals surface area contributed by atoms with E-state index >= 15 is 0 Å². The van der Waals surface area contributed by atoms with Crippen LogP contribution < -0.4 is 10.2 Å². The average Bonchev–Trinajstić information content (AvgIpc) is 2.91. The van der Waals surface area contributed by atoms with Crippen molar-refractivity contribution in [3.63, 3.8) is 0 Å². The van der Waals surface area contributed by atoms with Gasteiger partial charge in [0, 0.05) is 40.1 Å². The average molecular weight is 353 g/mol. The topological polar surface area (TPSA) is 15.3 Å². The Hall–Kier alpha value is -0.840. The molecule has 0 saturated carbocycles. The van der Waals surface area contributed by atoms with E-state index in [-0.39, 0.29) is 0 Å². The van der Waals surface area contributed by atoms with Crippen LogP contribution in [0.1, 0.15) is 24.3 Å². The largest absolute Gasteiger partial charge is 0.375 e. The standard InChI is InChI=1S/C16H21BrN2S/c1-13(16-11-14(17)12-20-16)18-9-6-10-19(2)15-7-4-3-5-8-15/h3-5,7-8,11-13,18H,6,9-10H2,1-2H3. The Labute approximate surface area is 133 Å². The van der Waals surface area contributed by atoms with Crippen molar-refractivity contribution in [3.8, 4) is 0 Å². The maximum atomic E-state index is 3.58. The number of hydrogen-bond donors (Lipinski definition) is 1. The van der Waals surface area contributed by atoms with Crippen LogP contribution in [0.5, 0.6) is 0 Å². The number of thiophene rings is 1. The van der Waals surface area contributed by atoms with E-state index < -0.39 is 0 Å². The summed E-state index contributed by atoms with van der Waals surface area (Å²) in [4.78, 5) is 3.68. The fourth-order valence-electron chi connectivity index (χ4n) is 2.10. The summed E-state index contributed by atoms with van der Waals surface area (Å²) < 4.78 is 1.18. The zero-order chi connectivity index (χ0) is 14.4. The van der Waals surface area contributed by atoms with Gasteiger partial charge in [0.15, 0.2) is 0 Å². The molecule has 0 bridgehead atoms. The maximum Gasteiger partial charge on any atom is 0.0386 e. The lowest BCUT2D eigenvalue weighted by Gasteiger charge is -2.20. The van der Waals surface area contributed by atoms with Crippen molar-refractivity contribution in [1.82, 2.24) is 5.32 Å². The fraction of sp³-hybridized carbons (Fsp3) is 0.375. The summed E-state index contributed by atoms with van der Waals surface area (Å²) in [5, 5.41) is 5.72. The number of para-hydroxylation sites is 1. The molecule has 1 aromatic carbocycles. The summed E-state index contributed by atoms with van der Waals surface area (Å²) in [5.74, 6) is 0. The molecule has 1 aromatic heterocycles. The molecule has 0 fully saturated rings. The summed E-state index contributed by atoms with van der Waals surface area (Å²) in [6, 6.07) is 13.1. The summed E-state index contributed by atoms with van der Waals surface area (Å²) in [6.07, 6.45) is 1.14. The van der Waals surface area contributed by atoms with Gasteiger partial charge in [-0.05, 0) is 54.0 Å². The molecule has 0 radical (unpaired) electrons. The van der Waals surface area contributed by atoms with Crippen LogP contribution in [0, 0.1) is 0 Å². The van der Waals surface area contributed by atoms with Crippen molar-refractivity contribution in [3.05, 3.63) is 51.1 Å². The predicted octanol–water partition coefficient (Wildman–Crippen LogP) is 4.69. The molecule has 1 N–H and O–H groups in total. The minimum absolute atomic E-state index is 0.424. The molecular formula is C16H21BrN2S. The Bertz CT molecular complexity index is 512. The van der Waals surface area contributed by atoms with Gasteiger partial charge in [-0.25, -0.2) is 0 Å². The van der Waals surface area contributed by atoms with Crippen molar-refractivity contribution in [2.24, 2.45) is 0 Å². The highest BCUT2D eigenvalue weighted by Crippen LogP contribution is 2.25. The molecule has 0 saturated heterocycles. The van der Waals surface area contributed by atoms with E-state index in [4.69, 9.17) is 0 Å². The normalized spacial score (nSPS) is 12.3. The number of nitrogens with zero attached hydrogens (tertiary/aromatic N) is 1. The highest BCUT2D eigenvalue weighted by molar-refractivity contribution is 9.10. The van der Waals surface area contributed by atoms with Crippen LogP contribution in [0.2, 0.25) is 0 Å². The van der Waals surface area contributed by atoms with Gasteiger partial charge >= 0.3 is 0 Å². The molecule has 2 rings (SSSR count). The van der Waals surface area contributed by atoms with Crippen molar-refractivity contribution in [1.29, 1.82) is 0 Å². The second-order valence-electron chi connectivity index (χ2n) is 4.95. The molecule has 1 atom stereocenters. The van der Waals surface area contributed by atoms with E-state index in [1.165, 1.54) is 15.0 Å². The lowest BCUT2D eigenvalue weighted by Crippen LogP contribution is -2.25. The molecule has 0 aliphatic rings. The maximum absolute atomic E-state index is 3.58. The minimum atomic E-state index is 0.424. The van der Waals surface area contributed by atoms with Gasteiger partial charge in [-0.3, -0.25) is 0 Å². The van der Waals surface area contributed by atoms with Crippen LogP contribution in [0.4, 0.5) is 5.69 Å². The summed E-state index contributed by atoms with van der Waals surface area (Å²) in [5.41, 5.74) is 1.28. The molecule has 4 heteroatoms. The SMILES string of the molecule is CC(NCCCN(C)c1ccccc1)c1cc(Br)cs1. The zero-order valence-corrected chi connectivity index (χ0v) is 14.4. The number of halogens is 1. The Balaban J connectivity index is 1.69. The van der Waals surface area contributed by atoms with Gasteiger partial charge in [0.25, 0.3) is 0 Å². The van der Waals surface area contributed by atoms with E-state index in [2.05, 4.69) is 81.9 Å². The van der Waals surface area contributed by atoms with Gasteiger partial charge in [-0.15, -0.1) is 11.3 Å². The van der Waals surface area contributed by atoms with Crippen molar-refractivity contribution < 1.29 is 0 Å². The molecule has 108 valence electrons. The number of nitrogens with one attached hydrogen (secondary N) is 1. The van der Waals surface area contributed by atoms with E-state index in [1.54, 1.807) is 11.3 Å². The first-order chi connectivity index (χ1) is 9.66. The van der Waals surface area contributed by atoms with Gasteiger partial charge in [0.2, 0.25) is 0 Å². The minimum Gasteiger partial charge on any atom is -0.375 e. The molecule has 0 aliphatic carbocycles. The number of hydrogen-bond acceptors (Lipinski definition) is 3. The first kappa shape index (κ1) is 15.5. The molecular weight excluding hydrogens is 332 g/mol. The van der Waals surface area contributed by atoms with Crippen LogP contribution in [0.25, 0.3) is 0 Å². The van der Waals surface area contributed by atoms with Crippen LogP contribution in [-0.2, 0) is 0 Å². The fourth-order valence-corrected chi connectivity index (χ4v) is 3.58. The monoisotopic (exact) mass is 352 g/mol.